The summed E-state index contributed by atoms with van der Waals surface area (Å²) < 4.78 is 4.80. The maximum atomic E-state index is 11.8. The van der Waals surface area contributed by atoms with Crippen molar-refractivity contribution in [2.75, 3.05) is 26.1 Å². The molecule has 0 atom stereocenters. The number of imidazole rings is 1. The zero-order valence-electron chi connectivity index (χ0n) is 13.9. The molecule has 5 nitrogen and oxygen atoms in total. The number of anilines is 1. The molecule has 0 amide bonds. The van der Waals surface area contributed by atoms with Crippen LogP contribution in [0.1, 0.15) is 21.7 Å². The van der Waals surface area contributed by atoms with Crippen LogP contribution >= 0.6 is 0 Å². The molecule has 3 aromatic rings. The van der Waals surface area contributed by atoms with E-state index in [1.807, 2.05) is 44.4 Å². The Bertz CT molecular complexity index is 893. The molecule has 0 bridgehead atoms. The maximum Gasteiger partial charge on any atom is 0.340 e. The fraction of sp³-hybridized carbons (Fsp3) is 0.158. The van der Waals surface area contributed by atoms with Gasteiger partial charge in [-0.3, -0.25) is 0 Å². The average Bonchev–Trinajstić information content (AvgIpc) is 3.02. The minimum Gasteiger partial charge on any atom is -0.465 e. The number of H-pyrrole nitrogens is 1. The zero-order valence-corrected chi connectivity index (χ0v) is 13.9. The van der Waals surface area contributed by atoms with Crippen LogP contribution in [0.25, 0.3) is 23.2 Å². The smallest absolute Gasteiger partial charge is 0.340 e. The molecular weight excluding hydrogens is 302 g/mol. The molecule has 1 aromatic heterocycles. The Morgan fingerprint density at radius 1 is 1.12 bits per heavy atom. The van der Waals surface area contributed by atoms with Crippen molar-refractivity contribution >= 4 is 34.8 Å². The Morgan fingerprint density at radius 3 is 2.54 bits per heavy atom. The quantitative estimate of drug-likeness (QED) is 0.746. The third-order valence-electron chi connectivity index (χ3n) is 3.78. The molecule has 0 aliphatic carbocycles. The molecule has 2 aromatic carbocycles. The number of esters is 1. The maximum absolute atomic E-state index is 11.8. The summed E-state index contributed by atoms with van der Waals surface area (Å²) in [5, 5.41) is 0. The molecule has 24 heavy (non-hydrogen) atoms. The molecule has 0 unspecified atom stereocenters. The number of hydrogen-bond acceptors (Lipinski definition) is 4. The lowest BCUT2D eigenvalue weighted by Gasteiger charge is -2.11. The second-order valence-corrected chi connectivity index (χ2v) is 5.63. The highest BCUT2D eigenvalue weighted by atomic mass is 16.5. The van der Waals surface area contributed by atoms with Crippen molar-refractivity contribution in [3.05, 3.63) is 59.4 Å². The van der Waals surface area contributed by atoms with Gasteiger partial charge in [-0.15, -0.1) is 0 Å². The topological polar surface area (TPSA) is 58.2 Å². The number of nitrogens with zero attached hydrogens (tertiary/aromatic N) is 2. The van der Waals surface area contributed by atoms with Crippen molar-refractivity contribution in [3.8, 4) is 0 Å². The lowest BCUT2D eigenvalue weighted by Crippen LogP contribution is -2.07. The number of para-hydroxylation sites is 1. The Balaban J connectivity index is 1.88. The number of methoxy groups -OCH3 is 1. The highest BCUT2D eigenvalue weighted by molar-refractivity contribution is 6.02. The molecule has 0 radical (unpaired) electrons. The van der Waals surface area contributed by atoms with Crippen LogP contribution in [0.3, 0.4) is 0 Å². The lowest BCUT2D eigenvalue weighted by atomic mass is 10.2. The van der Waals surface area contributed by atoms with Gasteiger partial charge in [-0.25, -0.2) is 9.78 Å². The molecule has 1 heterocycles. The van der Waals surface area contributed by atoms with Gasteiger partial charge in [-0.2, -0.15) is 0 Å². The Hall–Kier alpha value is -3.08. The molecule has 0 saturated heterocycles. The van der Waals surface area contributed by atoms with E-state index in [1.54, 1.807) is 12.1 Å². The van der Waals surface area contributed by atoms with Crippen LogP contribution in [0.5, 0.6) is 0 Å². The lowest BCUT2D eigenvalue weighted by molar-refractivity contribution is 0.0603. The largest absolute Gasteiger partial charge is 0.465 e. The zero-order chi connectivity index (χ0) is 17.1. The van der Waals surface area contributed by atoms with E-state index in [0.717, 1.165) is 16.8 Å². The average molecular weight is 321 g/mol. The van der Waals surface area contributed by atoms with Gasteiger partial charge in [-0.05, 0) is 35.9 Å². The SMILES string of the molecule is COC(=O)c1cccc2[nH]c(/C=C/c3ccc(N(C)C)cc3)nc12. The molecule has 122 valence electrons. The number of aromatic nitrogens is 2. The first-order valence-electron chi connectivity index (χ1n) is 7.61. The van der Waals surface area contributed by atoms with Crippen molar-refractivity contribution in [3.63, 3.8) is 0 Å². The number of carbonyl (C=O) groups excluding carboxylic acids is 1. The van der Waals surface area contributed by atoms with Crippen LogP contribution in [0.4, 0.5) is 5.69 Å². The van der Waals surface area contributed by atoms with Gasteiger partial charge in [0.15, 0.2) is 0 Å². The second kappa shape index (κ2) is 6.58. The number of benzene rings is 2. The van der Waals surface area contributed by atoms with Crippen LogP contribution in [-0.4, -0.2) is 37.1 Å². The van der Waals surface area contributed by atoms with Crippen molar-refractivity contribution in [2.24, 2.45) is 0 Å². The van der Waals surface area contributed by atoms with Gasteiger partial charge in [0.2, 0.25) is 0 Å². The summed E-state index contributed by atoms with van der Waals surface area (Å²) in [4.78, 5) is 21.6. The van der Waals surface area contributed by atoms with Crippen LogP contribution in [0.15, 0.2) is 42.5 Å². The van der Waals surface area contributed by atoms with E-state index in [1.165, 1.54) is 7.11 Å². The third-order valence-corrected chi connectivity index (χ3v) is 3.78. The number of fused-ring (bicyclic) bond motifs is 1. The van der Waals surface area contributed by atoms with Crippen LogP contribution in [0.2, 0.25) is 0 Å². The normalized spacial score (nSPS) is 11.1. The van der Waals surface area contributed by atoms with Gasteiger partial charge < -0.3 is 14.6 Å². The summed E-state index contributed by atoms with van der Waals surface area (Å²) in [6.45, 7) is 0. The van der Waals surface area contributed by atoms with Crippen molar-refractivity contribution < 1.29 is 9.53 Å². The highest BCUT2D eigenvalue weighted by Crippen LogP contribution is 2.19. The molecule has 0 fully saturated rings. The first-order chi connectivity index (χ1) is 11.6. The number of carbonyl (C=O) groups is 1. The van der Waals surface area contributed by atoms with Crippen LogP contribution in [-0.2, 0) is 4.74 Å². The van der Waals surface area contributed by atoms with Crippen LogP contribution in [0, 0.1) is 0 Å². The van der Waals surface area contributed by atoms with E-state index in [4.69, 9.17) is 4.74 Å². The van der Waals surface area contributed by atoms with Gasteiger partial charge in [0.1, 0.15) is 11.3 Å². The van der Waals surface area contributed by atoms with E-state index in [-0.39, 0.29) is 5.97 Å². The molecule has 0 saturated carbocycles. The Kier molecular flexibility index (Phi) is 4.33. The summed E-state index contributed by atoms with van der Waals surface area (Å²) in [6, 6.07) is 13.6. The molecule has 5 heteroatoms. The number of rotatable bonds is 4. The number of aromatic amines is 1. The van der Waals surface area contributed by atoms with E-state index in [0.29, 0.717) is 16.9 Å². The summed E-state index contributed by atoms with van der Waals surface area (Å²) in [7, 11) is 5.39. The predicted octanol–water partition coefficient (Wildman–Crippen LogP) is 3.59. The fourth-order valence-electron chi connectivity index (χ4n) is 2.46. The molecular formula is C19H19N3O2. The van der Waals surface area contributed by atoms with Crippen molar-refractivity contribution in [1.82, 2.24) is 9.97 Å². The van der Waals surface area contributed by atoms with Gasteiger partial charge in [0, 0.05) is 19.8 Å². The molecule has 0 spiro atoms. The molecule has 0 aliphatic heterocycles. The van der Waals surface area contributed by atoms with Gasteiger partial charge in [0.25, 0.3) is 0 Å². The summed E-state index contributed by atoms with van der Waals surface area (Å²) in [6.07, 6.45) is 3.88. The van der Waals surface area contributed by atoms with E-state index in [2.05, 4.69) is 27.0 Å². The number of nitrogens with one attached hydrogen (secondary N) is 1. The summed E-state index contributed by atoms with van der Waals surface area (Å²) in [5.74, 6) is 0.306. The fourth-order valence-corrected chi connectivity index (χ4v) is 2.46. The minimum atomic E-state index is -0.387. The van der Waals surface area contributed by atoms with E-state index in [9.17, 15) is 4.79 Å². The van der Waals surface area contributed by atoms with Crippen molar-refractivity contribution in [1.29, 1.82) is 0 Å². The molecule has 1 N–H and O–H groups in total. The summed E-state index contributed by atoms with van der Waals surface area (Å²) in [5.41, 5.74) is 4.11. The predicted molar refractivity (Wildman–Crippen MR) is 97.1 cm³/mol. The van der Waals surface area contributed by atoms with Crippen LogP contribution < -0.4 is 4.90 Å². The van der Waals surface area contributed by atoms with E-state index >= 15 is 0 Å². The third kappa shape index (κ3) is 3.15. The molecule has 0 aliphatic rings. The minimum absolute atomic E-state index is 0.387. The Labute approximate surface area is 140 Å². The van der Waals surface area contributed by atoms with E-state index < -0.39 is 0 Å². The van der Waals surface area contributed by atoms with Gasteiger partial charge in [0.05, 0.1) is 18.2 Å². The highest BCUT2D eigenvalue weighted by Gasteiger charge is 2.12. The second-order valence-electron chi connectivity index (χ2n) is 5.63. The Morgan fingerprint density at radius 2 is 1.88 bits per heavy atom. The summed E-state index contributed by atoms with van der Waals surface area (Å²) >= 11 is 0. The number of hydrogen-bond donors (Lipinski definition) is 1. The van der Waals surface area contributed by atoms with Gasteiger partial charge >= 0.3 is 5.97 Å². The van der Waals surface area contributed by atoms with Gasteiger partial charge in [-0.1, -0.05) is 24.3 Å². The molecule has 3 rings (SSSR count). The first-order valence-corrected chi connectivity index (χ1v) is 7.61. The monoisotopic (exact) mass is 321 g/mol. The van der Waals surface area contributed by atoms with Crippen molar-refractivity contribution in [2.45, 2.75) is 0 Å². The number of ether oxygens (including phenoxy) is 1. The standard InChI is InChI=1S/C19H19N3O2/c1-22(2)14-10-7-13(8-11-14)9-12-17-20-16-6-4-5-15(18(16)21-17)19(23)24-3/h4-12H,1-3H3,(H,20,21)/b12-9+. The first kappa shape index (κ1) is 15.8.